The highest BCUT2D eigenvalue weighted by Crippen LogP contribution is 2.60. The average Bonchev–Trinajstić information content (AvgIpc) is 3.30. The second kappa shape index (κ2) is 33.4. The van der Waals surface area contributed by atoms with Gasteiger partial charge in [0.1, 0.15) is 36.6 Å². The first-order valence-electron chi connectivity index (χ1n) is 25.1. The number of carbonyl (C=O) groups excluding carboxylic acids is 3. The van der Waals surface area contributed by atoms with Gasteiger partial charge in [0.05, 0.1) is 37.4 Å². The van der Waals surface area contributed by atoms with Crippen LogP contribution in [-0.4, -0.2) is 114 Å². The van der Waals surface area contributed by atoms with Crippen LogP contribution in [0.4, 0.5) is 5.82 Å². The zero-order chi connectivity index (χ0) is 52.2. The molecule has 2 unspecified atom stereocenters. The second-order valence-corrected chi connectivity index (χ2v) is 21.1. The zero-order valence-electron chi connectivity index (χ0n) is 41.2. The minimum Gasteiger partial charge on any atom is -0.462 e. The lowest BCUT2D eigenvalue weighted by Crippen LogP contribution is -2.51. The number of nitrogens with two attached hydrogens (primary N) is 1. The summed E-state index contributed by atoms with van der Waals surface area (Å²) < 4.78 is 58.7. The lowest BCUT2D eigenvalue weighted by molar-refractivity contribution is -0.183. The standard InChI is InChI=1S/C48H79N3O18P2/c1-3-5-7-8-9-10-11-12-13-14-15-16-21-25-43(55)64-32-36-33-65-70(60,61)69-71(62,63)66-34-41-46(58)45(57)37(28-27-35(52)23-19-6-4-2)39(53)31-40(54)38(24-20-17-18-22-26-44(56)67-36)47(68-41)51-30-29-42(49)50-48(51)59/h10-11,17,20,27-30,35-39,41,45-47,52-53,57-58H,3-9,12-16,18-19,21-26,31-34H2,1-2H3,(H,60,61)(H,62,63)(H2,49,50,59)/b11-10-,20-17?,28-27?/t35-,36+,37-,38-,39+,41+,45-,46+,47+/m0/s1. The van der Waals surface area contributed by atoms with E-state index in [2.05, 4.69) is 28.4 Å². The van der Waals surface area contributed by atoms with Crippen LogP contribution in [0, 0.1) is 11.8 Å². The second-order valence-electron chi connectivity index (χ2n) is 18.1. The first kappa shape index (κ1) is 61.9. The molecular weight excluding hydrogens is 968 g/mol. The number of rotatable bonds is 22. The van der Waals surface area contributed by atoms with Gasteiger partial charge in [-0.2, -0.15) is 9.29 Å². The molecule has 1 fully saturated rings. The van der Waals surface area contributed by atoms with Crippen LogP contribution in [0.1, 0.15) is 155 Å². The predicted octanol–water partition coefficient (Wildman–Crippen LogP) is 6.59. The van der Waals surface area contributed by atoms with Crippen LogP contribution in [0.25, 0.3) is 0 Å². The molecule has 2 aliphatic heterocycles. The van der Waals surface area contributed by atoms with E-state index in [0.29, 0.717) is 19.3 Å². The molecule has 1 aromatic rings. The molecule has 0 spiro atoms. The molecule has 23 heteroatoms. The van der Waals surface area contributed by atoms with Crippen molar-refractivity contribution in [3.63, 3.8) is 0 Å². The van der Waals surface area contributed by atoms with Crippen LogP contribution in [-0.2, 0) is 51.1 Å². The number of phosphoric acid groups is 2. The van der Waals surface area contributed by atoms with E-state index in [-0.39, 0.29) is 37.9 Å². The largest absolute Gasteiger partial charge is 0.481 e. The number of anilines is 1. The number of carbonyl (C=O) groups is 3. The van der Waals surface area contributed by atoms with Crippen LogP contribution in [0.5, 0.6) is 0 Å². The Morgan fingerprint density at radius 1 is 0.901 bits per heavy atom. The number of nitrogen functional groups attached to an aromatic ring is 1. The molecule has 0 saturated carbocycles. The van der Waals surface area contributed by atoms with Gasteiger partial charge in [0.15, 0.2) is 6.10 Å². The molecule has 21 nitrogen and oxygen atoms in total. The smallest absolute Gasteiger partial charge is 0.462 e. The van der Waals surface area contributed by atoms with E-state index in [0.717, 1.165) is 62.1 Å². The summed E-state index contributed by atoms with van der Waals surface area (Å²) in [5.74, 6) is -5.14. The summed E-state index contributed by atoms with van der Waals surface area (Å²) in [6.07, 6.45) is 12.8. The lowest BCUT2D eigenvalue weighted by atomic mass is 9.83. The number of ether oxygens (including phenoxy) is 3. The molecule has 11 atom stereocenters. The number of fused-ring (bicyclic) bond motifs is 3. The van der Waals surface area contributed by atoms with Crippen molar-refractivity contribution in [3.05, 3.63) is 59.2 Å². The predicted molar refractivity (Wildman–Crippen MR) is 262 cm³/mol. The van der Waals surface area contributed by atoms with E-state index in [4.69, 9.17) is 29.0 Å². The Balaban J connectivity index is 1.83. The van der Waals surface area contributed by atoms with Gasteiger partial charge in [-0.3, -0.25) is 28.0 Å². The highest BCUT2D eigenvalue weighted by atomic mass is 31.3. The number of hydrogen-bond donors (Lipinski definition) is 7. The van der Waals surface area contributed by atoms with Crippen molar-refractivity contribution in [2.75, 3.05) is 25.6 Å². The molecule has 2 bridgehead atoms. The Morgan fingerprint density at radius 3 is 2.24 bits per heavy atom. The number of esters is 2. The number of nitrogens with zero attached hydrogens (tertiary/aromatic N) is 2. The van der Waals surface area contributed by atoms with Gasteiger partial charge in [-0.15, -0.1) is 0 Å². The van der Waals surface area contributed by atoms with Crippen LogP contribution in [0.2, 0.25) is 0 Å². The Kier molecular flexibility index (Phi) is 29.1. The van der Waals surface area contributed by atoms with Crippen molar-refractivity contribution in [1.82, 2.24) is 9.55 Å². The average molecular weight is 1050 g/mol. The maximum absolute atomic E-state index is 14.2. The van der Waals surface area contributed by atoms with Crippen molar-refractivity contribution in [2.45, 2.75) is 192 Å². The van der Waals surface area contributed by atoms with E-state index < -0.39 is 120 Å². The number of phosphoric ester groups is 2. The van der Waals surface area contributed by atoms with Crippen LogP contribution < -0.4 is 11.4 Å². The molecule has 3 rings (SSSR count). The topological polar surface area (TPSA) is 323 Å². The fraction of sp³-hybridized carbons (Fsp3) is 0.729. The summed E-state index contributed by atoms with van der Waals surface area (Å²) in [4.78, 5) is 78.2. The van der Waals surface area contributed by atoms with Gasteiger partial charge in [-0.05, 0) is 63.9 Å². The molecule has 0 radical (unpaired) electrons. The zero-order valence-corrected chi connectivity index (χ0v) is 43.0. The van der Waals surface area contributed by atoms with Gasteiger partial charge in [0.25, 0.3) is 0 Å². The monoisotopic (exact) mass is 1050 g/mol. The van der Waals surface area contributed by atoms with Crippen LogP contribution >= 0.6 is 15.6 Å². The number of aliphatic hydroxyl groups excluding tert-OH is 4. The van der Waals surface area contributed by atoms with Gasteiger partial charge in [0.2, 0.25) is 0 Å². The quantitative estimate of drug-likeness (QED) is 0.0279. The summed E-state index contributed by atoms with van der Waals surface area (Å²) in [6, 6.07) is 1.21. The molecule has 0 amide bonds. The molecule has 1 saturated heterocycles. The first-order chi connectivity index (χ1) is 33.9. The molecule has 8 N–H and O–H groups in total. The Bertz CT molecular complexity index is 2000. The Labute approximate surface area is 417 Å². The number of Topliss-reactive ketones (excluding diaryl/α,β-unsaturated/α-hetero) is 1. The summed E-state index contributed by atoms with van der Waals surface area (Å²) in [6.45, 7) is 1.41. The van der Waals surface area contributed by atoms with Crippen molar-refractivity contribution < 1.29 is 81.3 Å². The minimum atomic E-state index is -5.72. The molecule has 71 heavy (non-hydrogen) atoms. The van der Waals surface area contributed by atoms with Crippen molar-refractivity contribution in [1.29, 1.82) is 0 Å². The Hall–Kier alpha value is -3.43. The van der Waals surface area contributed by atoms with Crippen LogP contribution in [0.15, 0.2) is 53.5 Å². The highest BCUT2D eigenvalue weighted by molar-refractivity contribution is 7.61. The number of allylic oxidation sites excluding steroid dienone is 4. The maximum Gasteiger partial charge on any atom is 0.481 e. The van der Waals surface area contributed by atoms with E-state index >= 15 is 0 Å². The molecule has 3 heterocycles. The normalized spacial score (nSPS) is 29.5. The fourth-order valence-electron chi connectivity index (χ4n) is 8.00. The van der Waals surface area contributed by atoms with E-state index in [1.54, 1.807) is 12.2 Å². The maximum atomic E-state index is 14.2. The third kappa shape index (κ3) is 24.4. The van der Waals surface area contributed by atoms with E-state index in [1.165, 1.54) is 43.9 Å². The number of cyclic esters (lactones) is 1. The number of aliphatic hydroxyl groups is 4. The summed E-state index contributed by atoms with van der Waals surface area (Å²) in [5.41, 5.74) is 4.71. The number of aromatic nitrogens is 2. The number of unbranched alkanes of at least 4 members (excludes halogenated alkanes) is 11. The summed E-state index contributed by atoms with van der Waals surface area (Å²) >= 11 is 0. The van der Waals surface area contributed by atoms with Crippen molar-refractivity contribution in [3.8, 4) is 0 Å². The summed E-state index contributed by atoms with van der Waals surface area (Å²) in [7, 11) is -11.3. The number of ketones is 1. The van der Waals surface area contributed by atoms with E-state index in [9.17, 15) is 58.5 Å². The molecule has 0 aliphatic carbocycles. The summed E-state index contributed by atoms with van der Waals surface area (Å²) in [5, 5.41) is 45.4. The van der Waals surface area contributed by atoms with Gasteiger partial charge >= 0.3 is 33.3 Å². The third-order valence-electron chi connectivity index (χ3n) is 12.0. The van der Waals surface area contributed by atoms with Gasteiger partial charge in [-0.25, -0.2) is 13.9 Å². The number of hydrogen-bond acceptors (Lipinski definition) is 18. The third-order valence-corrected chi connectivity index (χ3v) is 14.6. The van der Waals surface area contributed by atoms with Crippen molar-refractivity contribution in [2.24, 2.45) is 11.8 Å². The molecule has 0 aromatic carbocycles. The molecular formula is C48H79N3O18P2. The highest BCUT2D eigenvalue weighted by Gasteiger charge is 2.45. The molecule has 2 aliphatic rings. The van der Waals surface area contributed by atoms with Gasteiger partial charge in [-0.1, -0.05) is 108 Å². The fourth-order valence-corrected chi connectivity index (χ4v) is 10.1. The van der Waals surface area contributed by atoms with Crippen LogP contribution in [0.3, 0.4) is 0 Å². The molecule has 1 aromatic heterocycles. The molecule has 404 valence electrons. The minimum absolute atomic E-state index is 0.0651. The van der Waals surface area contributed by atoms with Crippen molar-refractivity contribution >= 4 is 39.2 Å². The van der Waals surface area contributed by atoms with Gasteiger partial charge < -0.3 is 50.2 Å². The SMILES string of the molecule is CCCCCC/C=C\CCCCCCCC(=O)OC[C@@H]1COP(=O)(O)OP(=O)(O)OC[C@H]2O[C@@H](n3ccc(N)nc3=O)[C@@H](CC=CCCCC(=O)O1)C(=O)C[C@@H](O)[C@H](C=C[C@@H](O)CCCCC)[C@H](O)[C@@H]2O. The first-order valence-corrected chi connectivity index (χ1v) is 28.1. The van der Waals surface area contributed by atoms with Gasteiger partial charge in [0, 0.05) is 31.4 Å². The lowest BCUT2D eigenvalue weighted by Gasteiger charge is -2.38. The Morgan fingerprint density at radius 2 is 1.55 bits per heavy atom. The van der Waals surface area contributed by atoms with E-state index in [1.807, 2.05) is 6.92 Å².